The first-order valence-corrected chi connectivity index (χ1v) is 21.0. The predicted molar refractivity (Wildman–Crippen MR) is 255 cm³/mol. The van der Waals surface area contributed by atoms with E-state index in [0.29, 0.717) is 22.5 Å². The molecule has 10 aromatic rings. The highest BCUT2D eigenvalue weighted by atomic mass is 16.2. The minimum atomic E-state index is -0.359. The highest BCUT2D eigenvalue weighted by Crippen LogP contribution is 2.47. The summed E-state index contributed by atoms with van der Waals surface area (Å²) in [6, 6.07) is 70.5. The van der Waals surface area contributed by atoms with Gasteiger partial charge in [0.05, 0.1) is 33.5 Å². The number of aromatic nitrogens is 1. The third-order valence-corrected chi connectivity index (χ3v) is 12.3. The van der Waals surface area contributed by atoms with Gasteiger partial charge in [0, 0.05) is 21.9 Å². The van der Waals surface area contributed by atoms with E-state index in [1.807, 2.05) is 91.0 Å². The van der Waals surface area contributed by atoms with Gasteiger partial charge < -0.3 is 4.57 Å². The lowest BCUT2D eigenvalue weighted by atomic mass is 9.90. The fourth-order valence-electron chi connectivity index (χ4n) is 9.13. The lowest BCUT2D eigenvalue weighted by molar-refractivity contribution is 0.0926. The molecule has 62 heavy (non-hydrogen) atoms. The third kappa shape index (κ3) is 6.15. The number of carbonyl (C=O) groups excluding carboxylic acids is 2. The second-order valence-corrected chi connectivity index (χ2v) is 16.2. The Labute approximate surface area is 360 Å². The van der Waals surface area contributed by atoms with E-state index < -0.39 is 0 Å². The van der Waals surface area contributed by atoms with Crippen LogP contribution in [-0.2, 0) is 0 Å². The van der Waals surface area contributed by atoms with Gasteiger partial charge in [0.25, 0.3) is 11.8 Å². The van der Waals surface area contributed by atoms with E-state index >= 15 is 9.59 Å². The van der Waals surface area contributed by atoms with Crippen molar-refractivity contribution in [3.05, 3.63) is 229 Å². The standard InChI is InChI=1S/C58H40N2O2/c1-37-21-25-40(26-22-37)44-29-31-47-48-32-30-45(41-27-23-38(2)24-28-41)36-54(48)59(53(47)35-44)52-20-12-19-49-55(52)58(62)60(57(49)61)56-50(42-15-8-4-9-16-42)33-46(39-13-6-3-7-14-39)34-51(56)43-17-10-5-11-18-43/h3-36H,1-2H3. The Bertz CT molecular complexity index is 3200. The van der Waals surface area contributed by atoms with E-state index in [1.165, 1.54) is 16.0 Å². The van der Waals surface area contributed by atoms with Crippen LogP contribution in [0.3, 0.4) is 0 Å². The molecule has 0 saturated carbocycles. The van der Waals surface area contributed by atoms with Crippen molar-refractivity contribution in [3.63, 3.8) is 0 Å². The zero-order chi connectivity index (χ0) is 41.9. The summed E-state index contributed by atoms with van der Waals surface area (Å²) in [4.78, 5) is 32.3. The van der Waals surface area contributed by atoms with Gasteiger partial charge in [-0.1, -0.05) is 181 Å². The number of benzene rings is 9. The molecule has 0 spiro atoms. The number of nitrogens with zero attached hydrogens (tertiary/aromatic N) is 2. The van der Waals surface area contributed by atoms with Gasteiger partial charge in [-0.3, -0.25) is 9.59 Å². The molecule has 1 aliphatic rings. The first-order valence-electron chi connectivity index (χ1n) is 21.0. The van der Waals surface area contributed by atoms with E-state index in [0.717, 1.165) is 77.4 Å². The second-order valence-electron chi connectivity index (χ2n) is 16.2. The van der Waals surface area contributed by atoms with E-state index in [2.05, 4.69) is 128 Å². The number of fused-ring (bicyclic) bond motifs is 4. The lowest BCUT2D eigenvalue weighted by Crippen LogP contribution is -2.30. The van der Waals surface area contributed by atoms with Crippen molar-refractivity contribution < 1.29 is 9.59 Å². The molecule has 0 radical (unpaired) electrons. The fourth-order valence-corrected chi connectivity index (χ4v) is 9.13. The summed E-state index contributed by atoms with van der Waals surface area (Å²) in [6.07, 6.45) is 0. The Hall–Kier alpha value is -8.08. The van der Waals surface area contributed by atoms with Crippen LogP contribution in [0.5, 0.6) is 0 Å². The smallest absolute Gasteiger partial charge is 0.268 e. The van der Waals surface area contributed by atoms with E-state index in [9.17, 15) is 0 Å². The Balaban J connectivity index is 1.17. The zero-order valence-corrected chi connectivity index (χ0v) is 34.3. The van der Waals surface area contributed by atoms with Gasteiger partial charge in [-0.15, -0.1) is 0 Å². The number of anilines is 1. The van der Waals surface area contributed by atoms with Gasteiger partial charge in [-0.25, -0.2) is 4.90 Å². The largest absolute Gasteiger partial charge is 0.308 e. The van der Waals surface area contributed by atoms with Crippen LogP contribution in [0.1, 0.15) is 31.8 Å². The van der Waals surface area contributed by atoms with Crippen molar-refractivity contribution >= 4 is 39.3 Å². The van der Waals surface area contributed by atoms with Gasteiger partial charge in [0.1, 0.15) is 0 Å². The quantitative estimate of drug-likeness (QED) is 0.151. The van der Waals surface area contributed by atoms with Crippen LogP contribution in [0.2, 0.25) is 0 Å². The number of amides is 2. The Kier molecular flexibility index (Phi) is 8.87. The minimum Gasteiger partial charge on any atom is -0.308 e. The van der Waals surface area contributed by atoms with Crippen LogP contribution < -0.4 is 4.90 Å². The summed E-state index contributed by atoms with van der Waals surface area (Å²) >= 11 is 0. The maximum Gasteiger partial charge on any atom is 0.268 e. The summed E-state index contributed by atoms with van der Waals surface area (Å²) in [5.41, 5.74) is 16.0. The molecular formula is C58H40N2O2. The molecule has 294 valence electrons. The molecule has 4 nitrogen and oxygen atoms in total. The van der Waals surface area contributed by atoms with E-state index in [4.69, 9.17) is 0 Å². The van der Waals surface area contributed by atoms with Crippen molar-refractivity contribution in [2.75, 3.05) is 4.90 Å². The molecule has 2 heterocycles. The molecule has 1 aromatic heterocycles. The summed E-state index contributed by atoms with van der Waals surface area (Å²) in [7, 11) is 0. The number of imide groups is 1. The normalized spacial score (nSPS) is 12.4. The summed E-state index contributed by atoms with van der Waals surface area (Å²) in [6.45, 7) is 4.19. The first kappa shape index (κ1) is 37.0. The van der Waals surface area contributed by atoms with Crippen LogP contribution in [-0.4, -0.2) is 16.4 Å². The number of rotatable bonds is 7. The molecule has 9 aromatic carbocycles. The Morgan fingerprint density at radius 3 is 1.26 bits per heavy atom. The average Bonchev–Trinajstić information content (AvgIpc) is 3.78. The minimum absolute atomic E-state index is 0.352. The number of hydrogen-bond acceptors (Lipinski definition) is 2. The van der Waals surface area contributed by atoms with Crippen LogP contribution in [0, 0.1) is 13.8 Å². The van der Waals surface area contributed by atoms with Gasteiger partial charge in [-0.2, -0.15) is 0 Å². The monoisotopic (exact) mass is 796 g/mol. The molecule has 0 N–H and O–H groups in total. The van der Waals surface area contributed by atoms with Gasteiger partial charge in [-0.05, 0) is 94.8 Å². The van der Waals surface area contributed by atoms with Crippen molar-refractivity contribution in [2.45, 2.75) is 13.8 Å². The maximum absolute atomic E-state index is 15.7. The first-order chi connectivity index (χ1) is 30.4. The molecular weight excluding hydrogens is 757 g/mol. The molecule has 0 unspecified atom stereocenters. The lowest BCUT2D eigenvalue weighted by Gasteiger charge is -2.24. The Morgan fingerprint density at radius 2 is 0.774 bits per heavy atom. The summed E-state index contributed by atoms with van der Waals surface area (Å²) in [5.74, 6) is -0.711. The van der Waals surface area contributed by atoms with E-state index in [1.54, 1.807) is 6.07 Å². The van der Waals surface area contributed by atoms with Gasteiger partial charge in [0.2, 0.25) is 0 Å². The van der Waals surface area contributed by atoms with Gasteiger partial charge >= 0.3 is 0 Å². The average molecular weight is 797 g/mol. The van der Waals surface area contributed by atoms with Crippen LogP contribution >= 0.6 is 0 Å². The van der Waals surface area contributed by atoms with E-state index in [-0.39, 0.29) is 11.8 Å². The predicted octanol–water partition coefficient (Wildman–Crippen LogP) is 14.5. The van der Waals surface area contributed by atoms with Crippen molar-refractivity contribution in [3.8, 4) is 61.3 Å². The van der Waals surface area contributed by atoms with Crippen LogP contribution in [0.25, 0.3) is 83.1 Å². The van der Waals surface area contributed by atoms with Gasteiger partial charge in [0.15, 0.2) is 0 Å². The molecule has 11 rings (SSSR count). The molecule has 0 fully saturated rings. The second kappa shape index (κ2) is 14.9. The summed E-state index contributed by atoms with van der Waals surface area (Å²) in [5, 5.41) is 2.12. The Morgan fingerprint density at radius 1 is 0.339 bits per heavy atom. The fraction of sp³-hybridized carbons (Fsp3) is 0.0345. The molecule has 0 saturated heterocycles. The molecule has 2 amide bonds. The molecule has 1 aliphatic heterocycles. The topological polar surface area (TPSA) is 42.3 Å². The third-order valence-electron chi connectivity index (χ3n) is 12.3. The number of hydrogen-bond donors (Lipinski definition) is 0. The van der Waals surface area contributed by atoms with Crippen LogP contribution in [0.15, 0.2) is 206 Å². The maximum atomic E-state index is 15.7. The highest BCUT2D eigenvalue weighted by Gasteiger charge is 2.42. The molecule has 4 heteroatoms. The molecule has 0 bridgehead atoms. The summed E-state index contributed by atoms with van der Waals surface area (Å²) < 4.78 is 2.20. The highest BCUT2D eigenvalue weighted by molar-refractivity contribution is 6.37. The van der Waals surface area contributed by atoms with Crippen molar-refractivity contribution in [1.29, 1.82) is 0 Å². The number of carbonyl (C=O) groups is 2. The zero-order valence-electron chi connectivity index (χ0n) is 34.3. The SMILES string of the molecule is Cc1ccc(-c2ccc3c4ccc(-c5ccc(C)cc5)cc4n(-c4cccc5c4C(=O)N(c4c(-c6ccccc6)cc(-c6ccccc6)cc4-c4ccccc4)C5=O)c3c2)cc1. The molecule has 0 atom stereocenters. The molecule has 0 aliphatic carbocycles. The van der Waals surface area contributed by atoms with Crippen LogP contribution in [0.4, 0.5) is 5.69 Å². The van der Waals surface area contributed by atoms with Crippen molar-refractivity contribution in [2.24, 2.45) is 0 Å². The number of aryl methyl sites for hydroxylation is 2. The van der Waals surface area contributed by atoms with Crippen molar-refractivity contribution in [1.82, 2.24) is 4.57 Å².